The Morgan fingerprint density at radius 2 is 1.47 bits per heavy atom. The summed E-state index contributed by atoms with van der Waals surface area (Å²) in [6.07, 6.45) is 6.75. The summed E-state index contributed by atoms with van der Waals surface area (Å²) in [5, 5.41) is 0. The van der Waals surface area contributed by atoms with Gasteiger partial charge in [0.05, 0.1) is 0 Å². The predicted molar refractivity (Wildman–Crippen MR) is 77.3 cm³/mol. The van der Waals surface area contributed by atoms with Gasteiger partial charge in [0.1, 0.15) is 6.54 Å². The average molecular weight is 511 g/mol. The molecular weight excluding hydrogens is 497 g/mol. The van der Waals surface area contributed by atoms with Crippen LogP contribution in [0.4, 0.5) is 0 Å². The SMILES string of the molecule is CCCC[n+]1ccccc1.[Br][Mn]([Br])([Br])[Br]. The van der Waals surface area contributed by atoms with Crippen molar-refractivity contribution in [2.75, 3.05) is 0 Å². The Labute approximate surface area is 122 Å². The van der Waals surface area contributed by atoms with Gasteiger partial charge in [-0.15, -0.1) is 0 Å². The third-order valence-corrected chi connectivity index (χ3v) is 1.55. The monoisotopic (exact) mass is 507 g/mol. The number of rotatable bonds is 3. The maximum atomic E-state index is 3.27. The fraction of sp³-hybridized carbons (Fsp3) is 0.444. The van der Waals surface area contributed by atoms with E-state index in [0.717, 1.165) is 6.54 Å². The van der Waals surface area contributed by atoms with Crippen molar-refractivity contribution >= 4 is 56.4 Å². The first-order valence-electron chi connectivity index (χ1n) is 4.44. The number of pyridine rings is 1. The Kier molecular flexibility index (Phi) is 10.6. The molecule has 0 aliphatic carbocycles. The van der Waals surface area contributed by atoms with Crippen molar-refractivity contribution < 1.29 is 10.2 Å². The van der Waals surface area contributed by atoms with E-state index in [1.807, 2.05) is 6.07 Å². The average Bonchev–Trinajstić information content (AvgIpc) is 2.14. The summed E-state index contributed by atoms with van der Waals surface area (Å²) in [6.45, 7) is 3.36. The van der Waals surface area contributed by atoms with Crippen LogP contribution in [-0.4, -0.2) is 0 Å². The van der Waals surface area contributed by atoms with E-state index in [0.29, 0.717) is 0 Å². The molecule has 0 bridgehead atoms. The van der Waals surface area contributed by atoms with Gasteiger partial charge in [0.25, 0.3) is 0 Å². The zero-order valence-electron chi connectivity index (χ0n) is 8.35. The van der Waals surface area contributed by atoms with E-state index in [2.05, 4.69) is 92.5 Å². The van der Waals surface area contributed by atoms with Crippen LogP contribution in [0.1, 0.15) is 19.8 Å². The molecule has 1 aromatic heterocycles. The molecule has 1 nitrogen and oxygen atoms in total. The molecule has 0 saturated heterocycles. The van der Waals surface area contributed by atoms with Crippen molar-refractivity contribution in [1.82, 2.24) is 0 Å². The number of hydrogen-bond acceptors (Lipinski definition) is 0. The molecule has 0 amide bonds. The van der Waals surface area contributed by atoms with Crippen LogP contribution in [0.2, 0.25) is 0 Å². The first kappa shape index (κ1) is 16.6. The molecule has 0 unspecified atom stereocenters. The number of halogens is 4. The molecule has 0 N–H and O–H groups in total. The molecule has 1 rings (SSSR count). The standard InChI is InChI=1S/C9H14N.4BrH.Mn/c1-2-3-7-10-8-5-4-6-9-10;;;;;/h4-6,8-9H,2-3,7H2,1H3;4*1H;/q+1;;;;;+4/p-4. The summed E-state index contributed by atoms with van der Waals surface area (Å²) in [5.41, 5.74) is -1.38. The van der Waals surface area contributed by atoms with E-state index >= 15 is 0 Å². The van der Waals surface area contributed by atoms with Crippen LogP contribution in [0.5, 0.6) is 0 Å². The van der Waals surface area contributed by atoms with Crippen LogP contribution in [-0.2, 0) is 12.2 Å². The van der Waals surface area contributed by atoms with Crippen molar-refractivity contribution in [3.63, 3.8) is 0 Å². The van der Waals surface area contributed by atoms with Crippen LogP contribution in [0.25, 0.3) is 0 Å². The van der Waals surface area contributed by atoms with Gasteiger partial charge in [-0.2, -0.15) is 0 Å². The number of aromatic nitrogens is 1. The van der Waals surface area contributed by atoms with Gasteiger partial charge in [0, 0.05) is 18.6 Å². The molecule has 0 saturated carbocycles. The zero-order chi connectivity index (χ0) is 11.7. The minimum atomic E-state index is -1.38. The van der Waals surface area contributed by atoms with E-state index in [4.69, 9.17) is 0 Å². The van der Waals surface area contributed by atoms with Gasteiger partial charge in [-0.1, -0.05) is 19.4 Å². The molecule has 0 aliphatic heterocycles. The summed E-state index contributed by atoms with van der Waals surface area (Å²) in [6, 6.07) is 6.17. The molecular formula is C9H14Br4MnN+. The van der Waals surface area contributed by atoms with Gasteiger partial charge in [-0.3, -0.25) is 0 Å². The molecule has 0 radical (unpaired) electrons. The molecule has 1 heterocycles. The predicted octanol–water partition coefficient (Wildman–Crippen LogP) is 5.15. The van der Waals surface area contributed by atoms with Gasteiger partial charge >= 0.3 is 62.1 Å². The minimum absolute atomic E-state index is 1.15. The zero-order valence-corrected chi connectivity index (χ0v) is 15.9. The van der Waals surface area contributed by atoms with Crippen molar-refractivity contribution in [3.05, 3.63) is 30.6 Å². The number of aryl methyl sites for hydroxylation is 1. The Hall–Kier alpha value is 1.59. The Morgan fingerprint density at radius 1 is 1.00 bits per heavy atom. The van der Waals surface area contributed by atoms with Gasteiger partial charge in [-0.05, 0) is 0 Å². The van der Waals surface area contributed by atoms with E-state index in [1.54, 1.807) is 0 Å². The molecule has 1 aromatic rings. The Bertz CT molecular complexity index is 244. The first-order chi connectivity index (χ1) is 6.93. The topological polar surface area (TPSA) is 3.88 Å². The second kappa shape index (κ2) is 9.60. The van der Waals surface area contributed by atoms with Crippen molar-refractivity contribution in [2.24, 2.45) is 0 Å². The fourth-order valence-corrected chi connectivity index (χ4v) is 0.924. The third-order valence-electron chi connectivity index (χ3n) is 1.55. The number of nitrogens with zero attached hydrogens (tertiary/aromatic N) is 1. The molecule has 0 aromatic carbocycles. The molecule has 0 aliphatic rings. The Morgan fingerprint density at radius 3 is 1.87 bits per heavy atom. The normalized spacial score (nSPS) is 11.5. The van der Waals surface area contributed by atoms with E-state index in [9.17, 15) is 0 Å². The van der Waals surface area contributed by atoms with Crippen LogP contribution >= 0.6 is 56.4 Å². The molecule has 0 spiro atoms. The third kappa shape index (κ3) is 15.6. The van der Waals surface area contributed by atoms with Crippen LogP contribution in [0.3, 0.4) is 0 Å². The number of hydrogen-bond donors (Lipinski definition) is 0. The van der Waals surface area contributed by atoms with Crippen molar-refractivity contribution in [2.45, 2.75) is 26.3 Å². The fourth-order valence-electron chi connectivity index (χ4n) is 0.924. The van der Waals surface area contributed by atoms with E-state index < -0.39 is 5.61 Å². The first-order valence-corrected chi connectivity index (χ1v) is 16.1. The summed E-state index contributed by atoms with van der Waals surface area (Å²) in [5.74, 6) is 0. The van der Waals surface area contributed by atoms with E-state index in [1.165, 1.54) is 12.8 Å². The summed E-state index contributed by atoms with van der Waals surface area (Å²) in [4.78, 5) is 0. The van der Waals surface area contributed by atoms with Gasteiger partial charge in [0.2, 0.25) is 0 Å². The quantitative estimate of drug-likeness (QED) is 0.391. The summed E-state index contributed by atoms with van der Waals surface area (Å²) < 4.78 is 2.21. The molecule has 0 fully saturated rings. The van der Waals surface area contributed by atoms with E-state index in [-0.39, 0.29) is 0 Å². The second-order valence-corrected chi connectivity index (χ2v) is 38.5. The van der Waals surface area contributed by atoms with Crippen LogP contribution in [0.15, 0.2) is 30.6 Å². The Balaban J connectivity index is 0.000000336. The molecule has 89 valence electrons. The van der Waals surface area contributed by atoms with Crippen molar-refractivity contribution in [1.29, 1.82) is 0 Å². The number of unbranched alkanes of at least 4 members (excludes halogenated alkanes) is 1. The van der Waals surface area contributed by atoms with Gasteiger partial charge in [-0.25, -0.2) is 4.57 Å². The summed E-state index contributed by atoms with van der Waals surface area (Å²) in [7, 11) is 0. The maximum absolute atomic E-state index is 3.27. The van der Waals surface area contributed by atoms with Crippen LogP contribution < -0.4 is 4.57 Å². The van der Waals surface area contributed by atoms with Crippen molar-refractivity contribution in [3.8, 4) is 0 Å². The second-order valence-electron chi connectivity index (χ2n) is 2.79. The van der Waals surface area contributed by atoms with Gasteiger partial charge < -0.3 is 0 Å². The molecule has 6 heteroatoms. The summed E-state index contributed by atoms with van der Waals surface area (Å²) >= 11 is 13.1. The molecule has 15 heavy (non-hydrogen) atoms. The van der Waals surface area contributed by atoms with Gasteiger partial charge in [0.15, 0.2) is 12.4 Å². The van der Waals surface area contributed by atoms with Crippen LogP contribution in [0, 0.1) is 0 Å². The molecule has 0 atom stereocenters.